The molecule has 160 valence electrons. The van der Waals surface area contributed by atoms with E-state index in [0.29, 0.717) is 0 Å². The van der Waals surface area contributed by atoms with E-state index in [4.69, 9.17) is 22.5 Å². The first-order valence-electron chi connectivity index (χ1n) is 8.82. The van der Waals surface area contributed by atoms with Gasteiger partial charge in [0, 0.05) is 18.1 Å². The Bertz CT molecular complexity index is 1120. The van der Waals surface area contributed by atoms with Crippen molar-refractivity contribution in [2.45, 2.75) is 29.6 Å². The molecule has 30 heavy (non-hydrogen) atoms. The summed E-state index contributed by atoms with van der Waals surface area (Å²) in [6.07, 6.45) is -2.01. The zero-order valence-electron chi connectivity index (χ0n) is 15.5. The van der Waals surface area contributed by atoms with Gasteiger partial charge < -0.3 is 26.4 Å². The number of aliphatic hydroxyl groups is 3. The Balaban J connectivity index is 2.00. The molecule has 1 aliphatic carbocycles. The van der Waals surface area contributed by atoms with Crippen molar-refractivity contribution < 1.29 is 23.7 Å². The van der Waals surface area contributed by atoms with Gasteiger partial charge in [0.1, 0.15) is 17.5 Å². The summed E-state index contributed by atoms with van der Waals surface area (Å²) in [6.45, 7) is -0.292. The van der Waals surface area contributed by atoms with Gasteiger partial charge in [0.05, 0.1) is 17.0 Å². The maximum atomic E-state index is 11.8. The lowest BCUT2D eigenvalue weighted by atomic mass is 10.1. The molecule has 8 N–H and O–H groups in total. The first-order chi connectivity index (χ1) is 14.1. The van der Waals surface area contributed by atoms with Crippen LogP contribution in [0.1, 0.15) is 17.5 Å². The van der Waals surface area contributed by atoms with E-state index in [0.717, 1.165) is 0 Å². The van der Waals surface area contributed by atoms with Gasteiger partial charge in [0.2, 0.25) is 16.0 Å². The Morgan fingerprint density at radius 2 is 1.90 bits per heavy atom. The number of anilines is 2. The summed E-state index contributed by atoms with van der Waals surface area (Å²) in [4.78, 5) is 7.76. The molecule has 1 aromatic heterocycles. The molecule has 1 heterocycles. The maximum Gasteiger partial charge on any atom is 0.239 e. The van der Waals surface area contributed by atoms with E-state index in [1.807, 2.05) is 0 Å². The van der Waals surface area contributed by atoms with Gasteiger partial charge in [-0.3, -0.25) is 0 Å². The highest BCUT2D eigenvalue weighted by molar-refractivity contribution is 7.89. The van der Waals surface area contributed by atoms with Gasteiger partial charge in [-0.1, -0.05) is 35.6 Å². The molecule has 0 amide bonds. The highest BCUT2D eigenvalue weighted by Gasteiger charge is 2.41. The van der Waals surface area contributed by atoms with Gasteiger partial charge in [-0.05, 0) is 18.6 Å². The van der Waals surface area contributed by atoms with Crippen LogP contribution in [0.2, 0.25) is 5.15 Å². The predicted octanol–water partition coefficient (Wildman–Crippen LogP) is -0.726. The van der Waals surface area contributed by atoms with Crippen LogP contribution in [0, 0.1) is 17.8 Å². The van der Waals surface area contributed by atoms with E-state index in [2.05, 4.69) is 27.1 Å². The Labute approximate surface area is 178 Å². The SMILES string of the molecule is Nc1nc(Cl)c(C#Cc2ccccc2S(N)(=O)=O)c(N[C@@H]2C[C@H](CO)[C@@H](O)[C@H]2O)n1. The average Bonchev–Trinajstić information content (AvgIpc) is 2.94. The number of hydrogen-bond acceptors (Lipinski definition) is 9. The van der Waals surface area contributed by atoms with Crippen molar-refractivity contribution in [2.24, 2.45) is 11.1 Å². The van der Waals surface area contributed by atoms with E-state index in [1.165, 1.54) is 18.2 Å². The fraction of sp³-hybridized carbons (Fsp3) is 0.333. The zero-order valence-corrected chi connectivity index (χ0v) is 17.1. The van der Waals surface area contributed by atoms with Crippen LogP contribution in [0.15, 0.2) is 29.2 Å². The number of sulfonamides is 1. The third kappa shape index (κ3) is 4.65. The maximum absolute atomic E-state index is 11.8. The second kappa shape index (κ2) is 8.73. The zero-order chi connectivity index (χ0) is 22.1. The summed E-state index contributed by atoms with van der Waals surface area (Å²) in [7, 11) is -3.99. The van der Waals surface area contributed by atoms with Crippen molar-refractivity contribution in [3.8, 4) is 11.8 Å². The van der Waals surface area contributed by atoms with Gasteiger partial charge in [-0.15, -0.1) is 0 Å². The summed E-state index contributed by atoms with van der Waals surface area (Å²) in [5.41, 5.74) is 5.93. The molecule has 1 fully saturated rings. The van der Waals surface area contributed by atoms with Crippen LogP contribution < -0.4 is 16.2 Å². The summed E-state index contributed by atoms with van der Waals surface area (Å²) in [5, 5.41) is 37.7. The first kappa shape index (κ1) is 22.2. The van der Waals surface area contributed by atoms with Gasteiger partial charge in [-0.2, -0.15) is 9.97 Å². The molecule has 1 aliphatic rings. The second-order valence-corrected chi connectivity index (χ2v) is 8.69. The normalized spacial score (nSPS) is 23.6. The minimum absolute atomic E-state index is 0.0858. The standard InChI is InChI=1S/C18H20ClN5O5S/c19-16-11(6-5-9-3-1-2-4-13(9)30(21,28)29)17(24-18(20)23-16)22-12-7-10(8-25)14(26)15(12)27/h1-4,10,12,14-15,25-27H,7-8H2,(H2,21,28,29)(H3,20,22,23,24)/t10-,12-,14-,15+/m1/s1. The number of nitrogen functional groups attached to an aromatic ring is 1. The minimum Gasteiger partial charge on any atom is -0.396 e. The minimum atomic E-state index is -3.99. The molecule has 1 aromatic carbocycles. The van der Waals surface area contributed by atoms with Crippen molar-refractivity contribution in [1.29, 1.82) is 0 Å². The molecule has 1 saturated carbocycles. The highest BCUT2D eigenvalue weighted by atomic mass is 35.5. The number of halogens is 1. The van der Waals surface area contributed by atoms with E-state index < -0.39 is 34.2 Å². The predicted molar refractivity (Wildman–Crippen MR) is 110 cm³/mol. The summed E-state index contributed by atoms with van der Waals surface area (Å²) in [6, 6.07) is 5.27. The molecule has 12 heteroatoms. The number of aliphatic hydroxyl groups excluding tert-OH is 3. The quantitative estimate of drug-likeness (QED) is 0.256. The molecule has 0 saturated heterocycles. The monoisotopic (exact) mass is 453 g/mol. The summed E-state index contributed by atoms with van der Waals surface area (Å²) < 4.78 is 23.5. The number of hydrogen-bond donors (Lipinski definition) is 6. The molecular weight excluding hydrogens is 434 g/mol. The lowest BCUT2D eigenvalue weighted by molar-refractivity contribution is 0.00445. The van der Waals surface area contributed by atoms with E-state index in [1.54, 1.807) is 6.07 Å². The van der Waals surface area contributed by atoms with Crippen LogP contribution in [-0.2, 0) is 10.0 Å². The molecule has 0 spiro atoms. The van der Waals surface area contributed by atoms with Gasteiger partial charge in [-0.25, -0.2) is 13.6 Å². The third-order valence-corrected chi connectivity index (χ3v) is 6.00. The first-order valence-corrected chi connectivity index (χ1v) is 10.7. The number of primary sulfonamides is 1. The largest absolute Gasteiger partial charge is 0.396 e. The van der Waals surface area contributed by atoms with Gasteiger partial charge >= 0.3 is 0 Å². The summed E-state index contributed by atoms with van der Waals surface area (Å²) in [5.74, 6) is 4.86. The van der Waals surface area contributed by atoms with Crippen molar-refractivity contribution in [3.63, 3.8) is 0 Å². The molecule has 0 unspecified atom stereocenters. The number of nitrogens with one attached hydrogen (secondary N) is 1. The van der Waals surface area contributed by atoms with Crippen LogP contribution >= 0.6 is 11.6 Å². The van der Waals surface area contributed by atoms with Crippen LogP contribution in [0.4, 0.5) is 11.8 Å². The molecule has 0 bridgehead atoms. The summed E-state index contributed by atoms with van der Waals surface area (Å²) >= 11 is 6.17. The highest BCUT2D eigenvalue weighted by Crippen LogP contribution is 2.30. The molecule has 2 aromatic rings. The number of benzene rings is 1. The van der Waals surface area contributed by atoms with Crippen LogP contribution in [-0.4, -0.2) is 58.6 Å². The van der Waals surface area contributed by atoms with Crippen LogP contribution in [0.5, 0.6) is 0 Å². The lowest BCUT2D eigenvalue weighted by Crippen LogP contribution is -2.35. The molecule has 3 rings (SSSR count). The fourth-order valence-corrected chi connectivity index (χ4v) is 4.15. The van der Waals surface area contributed by atoms with E-state index in [9.17, 15) is 23.7 Å². The number of nitrogens with zero attached hydrogens (tertiary/aromatic N) is 2. The van der Waals surface area contributed by atoms with Crippen molar-refractivity contribution >= 4 is 33.4 Å². The van der Waals surface area contributed by atoms with Crippen molar-refractivity contribution in [1.82, 2.24) is 9.97 Å². The Morgan fingerprint density at radius 3 is 2.53 bits per heavy atom. The van der Waals surface area contributed by atoms with Crippen molar-refractivity contribution in [2.75, 3.05) is 17.7 Å². The fourth-order valence-electron chi connectivity index (χ4n) is 3.24. The third-order valence-electron chi connectivity index (χ3n) is 4.76. The Kier molecular flexibility index (Phi) is 6.47. The average molecular weight is 454 g/mol. The number of rotatable bonds is 4. The Hall–Kier alpha value is -2.46. The smallest absolute Gasteiger partial charge is 0.239 e. The second-order valence-electron chi connectivity index (χ2n) is 6.80. The van der Waals surface area contributed by atoms with E-state index in [-0.39, 0.29) is 46.0 Å². The van der Waals surface area contributed by atoms with E-state index >= 15 is 0 Å². The molecule has 0 radical (unpaired) electrons. The topological polar surface area (TPSA) is 185 Å². The van der Waals surface area contributed by atoms with Gasteiger partial charge in [0.15, 0.2) is 5.15 Å². The van der Waals surface area contributed by atoms with Crippen LogP contribution in [0.25, 0.3) is 0 Å². The Morgan fingerprint density at radius 1 is 1.20 bits per heavy atom. The number of nitrogens with two attached hydrogens (primary N) is 2. The lowest BCUT2D eigenvalue weighted by Gasteiger charge is -2.19. The molecule has 10 nitrogen and oxygen atoms in total. The molecule has 4 atom stereocenters. The van der Waals surface area contributed by atoms with Crippen molar-refractivity contribution in [3.05, 3.63) is 40.5 Å². The van der Waals surface area contributed by atoms with Gasteiger partial charge in [0.25, 0.3) is 0 Å². The molecule has 0 aliphatic heterocycles. The molecular formula is C18H20ClN5O5S. The number of aromatic nitrogens is 2. The van der Waals surface area contributed by atoms with Crippen LogP contribution in [0.3, 0.4) is 0 Å².